The first kappa shape index (κ1) is 14.0. The van der Waals surface area contributed by atoms with Crippen molar-refractivity contribution >= 4 is 34.3 Å². The molecule has 5 heteroatoms. The first-order chi connectivity index (χ1) is 11.8. The number of nitrogens with one attached hydrogen (secondary N) is 2. The third-order valence-corrected chi connectivity index (χ3v) is 5.77. The Balaban J connectivity index is 1.67. The van der Waals surface area contributed by atoms with Crippen molar-refractivity contribution in [3.63, 3.8) is 0 Å². The lowest BCUT2D eigenvalue weighted by molar-refractivity contribution is 0.0667. The Kier molecular flexibility index (Phi) is 2.94. The molecule has 1 amide bonds. The number of carbonyl (C=O) groups excluding carboxylic acids is 1. The number of carbonyl (C=O) groups is 1. The van der Waals surface area contributed by atoms with Gasteiger partial charge in [0.2, 0.25) is 0 Å². The molecule has 2 aliphatic heterocycles. The van der Waals surface area contributed by atoms with Gasteiger partial charge in [-0.05, 0) is 48.6 Å². The van der Waals surface area contributed by atoms with Crippen LogP contribution in [0.1, 0.15) is 27.8 Å². The summed E-state index contributed by atoms with van der Waals surface area (Å²) >= 11 is 1.76. The summed E-state index contributed by atoms with van der Waals surface area (Å²) in [6, 6.07) is 14.3. The fourth-order valence-corrected chi connectivity index (χ4v) is 4.30. The fraction of sp³-hybridized carbons (Fsp3) is 0.211. The van der Waals surface area contributed by atoms with Crippen LogP contribution in [-0.2, 0) is 6.42 Å². The van der Waals surface area contributed by atoms with E-state index in [1.54, 1.807) is 11.8 Å². The van der Waals surface area contributed by atoms with Crippen molar-refractivity contribution in [2.45, 2.75) is 17.5 Å². The molecule has 0 saturated carbocycles. The van der Waals surface area contributed by atoms with E-state index in [4.69, 9.17) is 0 Å². The highest BCUT2D eigenvalue weighted by atomic mass is 32.2. The zero-order chi connectivity index (χ0) is 16.3. The molecule has 2 N–H and O–H groups in total. The largest absolute Gasteiger partial charge is 0.360 e. The van der Waals surface area contributed by atoms with Gasteiger partial charge in [0.1, 0.15) is 6.17 Å². The van der Waals surface area contributed by atoms with Gasteiger partial charge in [-0.25, -0.2) is 0 Å². The number of fused-ring (bicyclic) bond motifs is 6. The van der Waals surface area contributed by atoms with Gasteiger partial charge < -0.3 is 15.2 Å². The number of hydrogen-bond acceptors (Lipinski definition) is 3. The summed E-state index contributed by atoms with van der Waals surface area (Å²) in [5.41, 5.74) is 5.28. The molecule has 24 heavy (non-hydrogen) atoms. The number of benzene rings is 2. The van der Waals surface area contributed by atoms with Crippen LogP contribution in [-0.4, -0.2) is 28.6 Å². The van der Waals surface area contributed by atoms with E-state index in [0.717, 1.165) is 35.4 Å². The Morgan fingerprint density at radius 2 is 2.08 bits per heavy atom. The number of hydrogen-bond donors (Lipinski definition) is 2. The number of aromatic nitrogens is 1. The quantitative estimate of drug-likeness (QED) is 0.661. The molecule has 5 rings (SSSR count). The fourth-order valence-electron chi connectivity index (χ4n) is 3.86. The number of amides is 1. The lowest BCUT2D eigenvalue weighted by atomic mass is 9.97. The van der Waals surface area contributed by atoms with Gasteiger partial charge in [-0.1, -0.05) is 12.1 Å². The van der Waals surface area contributed by atoms with Gasteiger partial charge in [-0.2, -0.15) is 0 Å². The van der Waals surface area contributed by atoms with Gasteiger partial charge >= 0.3 is 0 Å². The van der Waals surface area contributed by atoms with Crippen LogP contribution >= 0.6 is 11.8 Å². The third kappa shape index (κ3) is 1.85. The summed E-state index contributed by atoms with van der Waals surface area (Å²) in [7, 11) is 0. The molecular weight excluding hydrogens is 318 g/mol. The predicted octanol–water partition coefficient (Wildman–Crippen LogP) is 4.01. The minimum Gasteiger partial charge on any atom is -0.360 e. The first-order valence-electron chi connectivity index (χ1n) is 8.11. The minimum absolute atomic E-state index is 0.110. The second-order valence-corrected chi connectivity index (χ2v) is 7.15. The maximum atomic E-state index is 12.8. The van der Waals surface area contributed by atoms with Gasteiger partial charge in [0.25, 0.3) is 5.91 Å². The highest BCUT2D eigenvalue weighted by Gasteiger charge is 2.38. The lowest BCUT2D eigenvalue weighted by Gasteiger charge is -2.40. The van der Waals surface area contributed by atoms with Crippen LogP contribution in [0, 0.1) is 0 Å². The number of thioether (sulfide) groups is 1. The maximum Gasteiger partial charge on any atom is 0.257 e. The van der Waals surface area contributed by atoms with E-state index in [1.807, 2.05) is 29.2 Å². The Bertz CT molecular complexity index is 978. The van der Waals surface area contributed by atoms with Gasteiger partial charge in [0.05, 0.1) is 11.3 Å². The highest BCUT2D eigenvalue weighted by molar-refractivity contribution is 7.98. The Labute approximate surface area is 144 Å². The second kappa shape index (κ2) is 5.05. The van der Waals surface area contributed by atoms with Crippen LogP contribution in [0.25, 0.3) is 10.9 Å². The van der Waals surface area contributed by atoms with E-state index >= 15 is 0 Å². The number of aromatic amines is 1. The van der Waals surface area contributed by atoms with Gasteiger partial charge in [-0.15, -0.1) is 11.8 Å². The SMILES string of the molecule is CSc1ccc2[nH]c3c(c2c1)CCN1C(=O)c2ccccc2NC31. The molecule has 1 unspecified atom stereocenters. The molecule has 0 saturated heterocycles. The van der Waals surface area contributed by atoms with Crippen molar-refractivity contribution in [2.75, 3.05) is 18.1 Å². The third-order valence-electron chi connectivity index (χ3n) is 5.04. The van der Waals surface area contributed by atoms with Crippen molar-refractivity contribution in [3.8, 4) is 0 Å². The van der Waals surface area contributed by atoms with Crippen molar-refractivity contribution in [1.29, 1.82) is 0 Å². The van der Waals surface area contributed by atoms with Crippen molar-refractivity contribution in [3.05, 3.63) is 59.3 Å². The van der Waals surface area contributed by atoms with E-state index < -0.39 is 0 Å². The average molecular weight is 335 g/mol. The number of para-hydroxylation sites is 1. The summed E-state index contributed by atoms with van der Waals surface area (Å²) in [6.45, 7) is 0.744. The van der Waals surface area contributed by atoms with Crippen LogP contribution in [0.2, 0.25) is 0 Å². The smallest absolute Gasteiger partial charge is 0.257 e. The minimum atomic E-state index is -0.110. The van der Waals surface area contributed by atoms with Crippen LogP contribution in [0.3, 0.4) is 0 Å². The molecule has 2 aromatic carbocycles. The second-order valence-electron chi connectivity index (χ2n) is 6.27. The number of anilines is 1. The van der Waals surface area contributed by atoms with Crippen LogP contribution in [0.4, 0.5) is 5.69 Å². The number of rotatable bonds is 1. The van der Waals surface area contributed by atoms with Crippen molar-refractivity contribution in [1.82, 2.24) is 9.88 Å². The molecule has 0 aliphatic carbocycles. The standard InChI is InChI=1S/C19H17N3OS/c1-24-11-6-7-16-14(10-11)12-8-9-22-18(17(12)20-16)21-15-5-3-2-4-13(15)19(22)23/h2-7,10,18,20-21H,8-9H2,1H3. The van der Waals surface area contributed by atoms with Crippen LogP contribution < -0.4 is 5.32 Å². The molecule has 0 fully saturated rings. The van der Waals surface area contributed by atoms with Crippen LogP contribution in [0.15, 0.2) is 47.4 Å². The summed E-state index contributed by atoms with van der Waals surface area (Å²) in [5.74, 6) is 0.114. The number of nitrogens with zero attached hydrogens (tertiary/aromatic N) is 1. The zero-order valence-corrected chi connectivity index (χ0v) is 14.1. The van der Waals surface area contributed by atoms with Crippen LogP contribution in [0.5, 0.6) is 0 Å². The summed E-state index contributed by atoms with van der Waals surface area (Å²) in [6.07, 6.45) is 2.88. The first-order valence-corrected chi connectivity index (χ1v) is 9.34. The Morgan fingerprint density at radius 1 is 1.21 bits per heavy atom. The van der Waals surface area contributed by atoms with E-state index in [0.29, 0.717) is 0 Å². The highest BCUT2D eigenvalue weighted by Crippen LogP contribution is 2.40. The molecule has 0 spiro atoms. The normalized spacial score (nSPS) is 18.8. The zero-order valence-electron chi connectivity index (χ0n) is 13.3. The summed E-state index contributed by atoms with van der Waals surface area (Å²) < 4.78 is 0. The van der Waals surface area contributed by atoms with Crippen molar-refractivity contribution in [2.24, 2.45) is 0 Å². The van der Waals surface area contributed by atoms with Gasteiger partial charge in [0.15, 0.2) is 0 Å². The number of H-pyrrole nitrogens is 1. The lowest BCUT2D eigenvalue weighted by Crippen LogP contribution is -2.46. The van der Waals surface area contributed by atoms with E-state index in [9.17, 15) is 4.79 Å². The van der Waals surface area contributed by atoms with E-state index in [1.165, 1.54) is 15.8 Å². The molecule has 3 aromatic rings. The molecule has 0 radical (unpaired) electrons. The molecule has 1 atom stereocenters. The molecular formula is C19H17N3OS. The Morgan fingerprint density at radius 3 is 2.96 bits per heavy atom. The average Bonchev–Trinajstić information content (AvgIpc) is 3.00. The van der Waals surface area contributed by atoms with Gasteiger partial charge in [0, 0.05) is 28.0 Å². The topological polar surface area (TPSA) is 48.1 Å². The predicted molar refractivity (Wildman–Crippen MR) is 97.6 cm³/mol. The van der Waals surface area contributed by atoms with Crippen molar-refractivity contribution < 1.29 is 4.79 Å². The van der Waals surface area contributed by atoms with E-state index in [-0.39, 0.29) is 12.1 Å². The summed E-state index contributed by atoms with van der Waals surface area (Å²) in [5, 5.41) is 4.83. The van der Waals surface area contributed by atoms with Gasteiger partial charge in [-0.3, -0.25) is 4.79 Å². The Hall–Kier alpha value is -2.40. The molecule has 2 aliphatic rings. The molecule has 120 valence electrons. The summed E-state index contributed by atoms with van der Waals surface area (Å²) in [4.78, 5) is 19.6. The molecule has 4 nitrogen and oxygen atoms in total. The monoisotopic (exact) mass is 335 g/mol. The maximum absolute atomic E-state index is 12.8. The molecule has 1 aromatic heterocycles. The van der Waals surface area contributed by atoms with E-state index in [2.05, 4.69) is 34.8 Å². The molecule has 0 bridgehead atoms. The molecule has 3 heterocycles.